The predicted octanol–water partition coefficient (Wildman–Crippen LogP) is 1.51. The Labute approximate surface area is 128 Å². The second kappa shape index (κ2) is 7.80. The van der Waals surface area contributed by atoms with E-state index in [1.54, 1.807) is 0 Å². The summed E-state index contributed by atoms with van der Waals surface area (Å²) in [5.74, 6) is -0.0175. The van der Waals surface area contributed by atoms with Crippen LogP contribution in [0.3, 0.4) is 0 Å². The number of nitro groups is 1. The van der Waals surface area contributed by atoms with E-state index in [0.717, 1.165) is 19.4 Å². The summed E-state index contributed by atoms with van der Waals surface area (Å²) >= 11 is 0. The molecule has 0 spiro atoms. The minimum Gasteiger partial charge on any atom is -0.496 e. The Hall–Kier alpha value is -1.86. The van der Waals surface area contributed by atoms with E-state index in [9.17, 15) is 14.9 Å². The van der Waals surface area contributed by atoms with Crippen LogP contribution in [0.15, 0.2) is 18.2 Å². The number of carbonyl (C=O) groups excluding carboxylic acids is 1. The highest BCUT2D eigenvalue weighted by Crippen LogP contribution is 2.24. The van der Waals surface area contributed by atoms with Gasteiger partial charge in [0.1, 0.15) is 5.75 Å². The van der Waals surface area contributed by atoms with Gasteiger partial charge in [0.25, 0.3) is 11.6 Å². The first-order chi connectivity index (χ1) is 9.61. The van der Waals surface area contributed by atoms with Gasteiger partial charge in [0.2, 0.25) is 0 Å². The number of nitro benzene ring substituents is 1. The van der Waals surface area contributed by atoms with Crippen molar-refractivity contribution >= 4 is 24.0 Å². The van der Waals surface area contributed by atoms with Gasteiger partial charge in [-0.15, -0.1) is 12.4 Å². The maximum atomic E-state index is 12.2. The Balaban J connectivity index is 0.00000220. The molecule has 1 amide bonds. The lowest BCUT2D eigenvalue weighted by Crippen LogP contribution is -2.45. The molecule has 1 aliphatic rings. The number of methoxy groups -OCH3 is 1. The molecule has 1 aromatic carbocycles. The summed E-state index contributed by atoms with van der Waals surface area (Å²) < 4.78 is 5.09. The standard InChI is InChI=1S/C13H17N3O4.ClH/c1-20-12-5-4-10(16(18)19)7-11(12)13(17)15-9-3-2-6-14-8-9;/h4-5,7,9,14H,2-3,6,8H2,1H3,(H,15,17);1H. The third-order valence-electron chi connectivity index (χ3n) is 3.27. The number of nitrogens with zero attached hydrogens (tertiary/aromatic N) is 1. The lowest BCUT2D eigenvalue weighted by molar-refractivity contribution is -0.384. The van der Waals surface area contributed by atoms with Crippen molar-refractivity contribution in [2.24, 2.45) is 0 Å². The molecule has 0 aromatic heterocycles. The highest BCUT2D eigenvalue weighted by Gasteiger charge is 2.21. The minimum absolute atomic E-state index is 0. The molecule has 0 radical (unpaired) electrons. The van der Waals surface area contributed by atoms with Crippen LogP contribution >= 0.6 is 12.4 Å². The van der Waals surface area contributed by atoms with Crippen molar-refractivity contribution in [2.45, 2.75) is 18.9 Å². The average molecular weight is 316 g/mol. The van der Waals surface area contributed by atoms with Crippen LogP contribution in [-0.4, -0.2) is 37.1 Å². The van der Waals surface area contributed by atoms with E-state index in [0.29, 0.717) is 12.3 Å². The SMILES string of the molecule is COc1ccc([N+](=O)[O-])cc1C(=O)NC1CCCNC1.Cl. The van der Waals surface area contributed by atoms with Gasteiger partial charge in [-0.2, -0.15) is 0 Å². The fraction of sp³-hybridized carbons (Fsp3) is 0.462. The minimum atomic E-state index is -0.529. The van der Waals surface area contributed by atoms with Crippen molar-refractivity contribution < 1.29 is 14.5 Å². The molecule has 1 aromatic rings. The summed E-state index contributed by atoms with van der Waals surface area (Å²) in [7, 11) is 1.43. The first-order valence-corrected chi connectivity index (χ1v) is 6.46. The lowest BCUT2D eigenvalue weighted by atomic mass is 10.1. The summed E-state index contributed by atoms with van der Waals surface area (Å²) in [5.41, 5.74) is 0.0602. The fourth-order valence-corrected chi connectivity index (χ4v) is 2.23. The van der Waals surface area contributed by atoms with E-state index >= 15 is 0 Å². The maximum absolute atomic E-state index is 12.2. The third kappa shape index (κ3) is 4.30. The van der Waals surface area contributed by atoms with E-state index in [1.165, 1.54) is 25.3 Å². The third-order valence-corrected chi connectivity index (χ3v) is 3.27. The normalized spacial score (nSPS) is 17.5. The van der Waals surface area contributed by atoms with Crippen LogP contribution in [0.5, 0.6) is 5.75 Å². The Morgan fingerprint density at radius 3 is 2.86 bits per heavy atom. The van der Waals surface area contributed by atoms with Gasteiger partial charge in [-0.1, -0.05) is 0 Å². The quantitative estimate of drug-likeness (QED) is 0.649. The zero-order valence-corrected chi connectivity index (χ0v) is 12.4. The van der Waals surface area contributed by atoms with Gasteiger partial charge >= 0.3 is 0 Å². The molecule has 0 saturated carbocycles. The van der Waals surface area contributed by atoms with Crippen molar-refractivity contribution in [3.63, 3.8) is 0 Å². The molecular formula is C13H18ClN3O4. The van der Waals surface area contributed by atoms with Crippen molar-refractivity contribution in [1.29, 1.82) is 0 Å². The van der Waals surface area contributed by atoms with Crippen LogP contribution in [0.4, 0.5) is 5.69 Å². The van der Waals surface area contributed by atoms with Crippen LogP contribution in [0.1, 0.15) is 23.2 Å². The molecule has 2 rings (SSSR count). The Bertz CT molecular complexity index is 518. The van der Waals surface area contributed by atoms with E-state index in [2.05, 4.69) is 10.6 Å². The lowest BCUT2D eigenvalue weighted by Gasteiger charge is -2.24. The molecule has 0 aliphatic carbocycles. The van der Waals surface area contributed by atoms with Gasteiger partial charge in [-0.05, 0) is 25.5 Å². The fourth-order valence-electron chi connectivity index (χ4n) is 2.23. The number of piperidine rings is 1. The first-order valence-electron chi connectivity index (χ1n) is 6.46. The van der Waals surface area contributed by atoms with Crippen LogP contribution in [0, 0.1) is 10.1 Å². The van der Waals surface area contributed by atoms with E-state index in [-0.39, 0.29) is 35.6 Å². The topological polar surface area (TPSA) is 93.5 Å². The number of hydrogen-bond acceptors (Lipinski definition) is 5. The highest BCUT2D eigenvalue weighted by atomic mass is 35.5. The molecule has 1 heterocycles. The number of benzene rings is 1. The van der Waals surface area contributed by atoms with Crippen LogP contribution in [0.25, 0.3) is 0 Å². The molecule has 1 saturated heterocycles. The zero-order valence-electron chi connectivity index (χ0n) is 11.6. The number of hydrogen-bond donors (Lipinski definition) is 2. The predicted molar refractivity (Wildman–Crippen MR) is 80.3 cm³/mol. The molecule has 1 atom stereocenters. The number of ether oxygens (including phenoxy) is 1. The number of halogens is 1. The second-order valence-corrected chi connectivity index (χ2v) is 4.66. The smallest absolute Gasteiger partial charge is 0.270 e. The van der Waals surface area contributed by atoms with Crippen molar-refractivity contribution in [1.82, 2.24) is 10.6 Å². The maximum Gasteiger partial charge on any atom is 0.270 e. The molecular weight excluding hydrogens is 298 g/mol. The van der Waals surface area contributed by atoms with Crippen LogP contribution in [0.2, 0.25) is 0 Å². The molecule has 7 nitrogen and oxygen atoms in total. The number of nitrogens with one attached hydrogen (secondary N) is 2. The Morgan fingerprint density at radius 2 is 2.29 bits per heavy atom. The highest BCUT2D eigenvalue weighted by molar-refractivity contribution is 5.97. The molecule has 1 unspecified atom stereocenters. The van der Waals surface area contributed by atoms with E-state index in [1.807, 2.05) is 0 Å². The summed E-state index contributed by atoms with van der Waals surface area (Å²) in [4.78, 5) is 22.5. The zero-order chi connectivity index (χ0) is 14.5. The summed E-state index contributed by atoms with van der Waals surface area (Å²) in [5, 5.41) is 16.9. The van der Waals surface area contributed by atoms with Crippen LogP contribution in [-0.2, 0) is 0 Å². The number of carbonyl (C=O) groups is 1. The van der Waals surface area contributed by atoms with Gasteiger partial charge in [0.05, 0.1) is 17.6 Å². The molecule has 1 fully saturated rings. The van der Waals surface area contributed by atoms with Gasteiger partial charge in [-0.3, -0.25) is 14.9 Å². The van der Waals surface area contributed by atoms with E-state index < -0.39 is 4.92 Å². The van der Waals surface area contributed by atoms with E-state index in [4.69, 9.17) is 4.74 Å². The number of rotatable bonds is 4. The number of non-ortho nitro benzene ring substituents is 1. The summed E-state index contributed by atoms with van der Waals surface area (Å²) in [6.45, 7) is 1.66. The van der Waals surface area contributed by atoms with Crippen molar-refractivity contribution in [3.05, 3.63) is 33.9 Å². The summed E-state index contributed by atoms with van der Waals surface area (Å²) in [6.07, 6.45) is 1.90. The van der Waals surface area contributed by atoms with Gasteiger partial charge in [-0.25, -0.2) is 0 Å². The molecule has 21 heavy (non-hydrogen) atoms. The summed E-state index contributed by atoms with van der Waals surface area (Å²) in [6, 6.07) is 4.04. The molecule has 116 valence electrons. The molecule has 2 N–H and O–H groups in total. The monoisotopic (exact) mass is 315 g/mol. The molecule has 1 aliphatic heterocycles. The van der Waals surface area contributed by atoms with Gasteiger partial charge in [0.15, 0.2) is 0 Å². The van der Waals surface area contributed by atoms with Crippen molar-refractivity contribution in [3.8, 4) is 5.75 Å². The molecule has 0 bridgehead atoms. The largest absolute Gasteiger partial charge is 0.496 e. The van der Waals surface area contributed by atoms with Crippen molar-refractivity contribution in [2.75, 3.05) is 20.2 Å². The second-order valence-electron chi connectivity index (χ2n) is 4.66. The Kier molecular flexibility index (Phi) is 6.39. The number of amides is 1. The van der Waals surface area contributed by atoms with Gasteiger partial charge in [0, 0.05) is 24.7 Å². The Morgan fingerprint density at radius 1 is 1.52 bits per heavy atom. The van der Waals surface area contributed by atoms with Gasteiger partial charge < -0.3 is 15.4 Å². The molecule has 8 heteroatoms. The average Bonchev–Trinajstić information content (AvgIpc) is 2.47. The van der Waals surface area contributed by atoms with Crippen LogP contribution < -0.4 is 15.4 Å². The first kappa shape index (κ1) is 17.2.